The zero-order valence-corrected chi connectivity index (χ0v) is 13.3. The Kier molecular flexibility index (Phi) is 5.55. The second-order valence-corrected chi connectivity index (χ2v) is 5.35. The van der Waals surface area contributed by atoms with Crippen LogP contribution in [0, 0.1) is 0 Å². The van der Waals surface area contributed by atoms with Gasteiger partial charge in [0.25, 0.3) is 0 Å². The first-order valence-electron chi connectivity index (χ1n) is 7.37. The van der Waals surface area contributed by atoms with E-state index < -0.39 is 29.9 Å². The molecule has 1 fully saturated rings. The monoisotopic (exact) mass is 348 g/mol. The third-order valence-corrected chi connectivity index (χ3v) is 3.69. The zero-order chi connectivity index (χ0) is 17.9. The molecule has 2 atom stereocenters. The second kappa shape index (κ2) is 7.27. The van der Waals surface area contributed by atoms with Crippen LogP contribution in [0.25, 0.3) is 0 Å². The molecule has 0 aliphatic carbocycles. The Morgan fingerprint density at radius 2 is 2.17 bits per heavy atom. The predicted molar refractivity (Wildman–Crippen MR) is 80.0 cm³/mol. The molecule has 2 amide bonds. The van der Waals surface area contributed by atoms with Gasteiger partial charge >= 0.3 is 12.2 Å². The van der Waals surface area contributed by atoms with Crippen LogP contribution < -0.4 is 10.1 Å². The van der Waals surface area contributed by atoms with Gasteiger partial charge in [-0.25, -0.2) is 4.79 Å². The number of alkyl halides is 3. The molecule has 1 aliphatic heterocycles. The first-order chi connectivity index (χ1) is 11.2. The number of carbonyl (C=O) groups excluding carboxylic acids is 1. The third-order valence-electron chi connectivity index (χ3n) is 3.69. The quantitative estimate of drug-likeness (QED) is 0.876. The Balaban J connectivity index is 2.21. The summed E-state index contributed by atoms with van der Waals surface area (Å²) in [5.41, 5.74) is -0.981. The minimum absolute atomic E-state index is 0.0862. The van der Waals surface area contributed by atoms with Crippen LogP contribution in [0.15, 0.2) is 18.2 Å². The van der Waals surface area contributed by atoms with E-state index >= 15 is 0 Å². The largest absolute Gasteiger partial charge is 0.492 e. The fourth-order valence-corrected chi connectivity index (χ4v) is 2.34. The first-order valence-corrected chi connectivity index (χ1v) is 7.37. The van der Waals surface area contributed by atoms with Gasteiger partial charge in [0.2, 0.25) is 0 Å². The van der Waals surface area contributed by atoms with Crippen molar-refractivity contribution >= 4 is 11.7 Å². The molecule has 134 valence electrons. The minimum atomic E-state index is -4.54. The Bertz CT molecular complexity index is 595. The molecule has 2 N–H and O–H groups in total. The standard InChI is InChI=1S/C15H19F3N2O4/c1-3-24-13-5-4-9(15(16,17)18)6-10(13)19-14(22)20(2)11-7-23-8-12(11)21/h4-6,11-12,21H,3,7-8H2,1-2H3,(H,19,22)/t11-,12-/m0/s1. The van der Waals surface area contributed by atoms with Crippen molar-refractivity contribution in [1.29, 1.82) is 0 Å². The van der Waals surface area contributed by atoms with Gasteiger partial charge in [0, 0.05) is 7.05 Å². The van der Waals surface area contributed by atoms with Crippen LogP contribution >= 0.6 is 0 Å². The van der Waals surface area contributed by atoms with E-state index in [9.17, 15) is 23.1 Å². The molecular formula is C15H19F3N2O4. The van der Waals surface area contributed by atoms with E-state index in [1.165, 1.54) is 11.9 Å². The fraction of sp³-hybridized carbons (Fsp3) is 0.533. The van der Waals surface area contributed by atoms with Crippen LogP contribution in [0.1, 0.15) is 12.5 Å². The normalized spacial score (nSPS) is 20.8. The number of nitrogens with zero attached hydrogens (tertiary/aromatic N) is 1. The van der Waals surface area contributed by atoms with Gasteiger partial charge < -0.3 is 24.8 Å². The number of anilines is 1. The maximum Gasteiger partial charge on any atom is 0.416 e. The average molecular weight is 348 g/mol. The molecule has 9 heteroatoms. The van der Waals surface area contributed by atoms with E-state index in [0.717, 1.165) is 18.2 Å². The number of rotatable bonds is 4. The number of aliphatic hydroxyl groups excluding tert-OH is 1. The van der Waals surface area contributed by atoms with Gasteiger partial charge in [-0.15, -0.1) is 0 Å². The number of benzene rings is 1. The smallest absolute Gasteiger partial charge is 0.416 e. The molecule has 1 aromatic carbocycles. The van der Waals surface area contributed by atoms with Crippen LogP contribution in [0.2, 0.25) is 0 Å². The number of halogens is 3. The van der Waals surface area contributed by atoms with Gasteiger partial charge in [0.15, 0.2) is 0 Å². The highest BCUT2D eigenvalue weighted by atomic mass is 19.4. The van der Waals surface area contributed by atoms with E-state index in [-0.39, 0.29) is 31.3 Å². The van der Waals surface area contributed by atoms with Crippen LogP contribution in [0.4, 0.5) is 23.7 Å². The van der Waals surface area contributed by atoms with E-state index in [2.05, 4.69) is 5.32 Å². The van der Waals surface area contributed by atoms with Crippen LogP contribution in [0.3, 0.4) is 0 Å². The molecule has 1 saturated heterocycles. The summed E-state index contributed by atoms with van der Waals surface area (Å²) >= 11 is 0. The highest BCUT2D eigenvalue weighted by molar-refractivity contribution is 5.91. The molecule has 1 aliphatic rings. The van der Waals surface area contributed by atoms with Crippen molar-refractivity contribution in [3.63, 3.8) is 0 Å². The first kappa shape index (κ1) is 18.3. The molecule has 24 heavy (non-hydrogen) atoms. The lowest BCUT2D eigenvalue weighted by Crippen LogP contribution is -2.46. The number of amides is 2. The zero-order valence-electron chi connectivity index (χ0n) is 13.3. The Labute approximate surface area is 137 Å². The predicted octanol–water partition coefficient (Wildman–Crippen LogP) is 2.33. The second-order valence-electron chi connectivity index (χ2n) is 5.35. The molecule has 0 unspecified atom stereocenters. The molecule has 0 radical (unpaired) electrons. The SMILES string of the molecule is CCOc1ccc(C(F)(F)F)cc1NC(=O)N(C)[C@H]1COC[C@@H]1O. The van der Waals surface area contributed by atoms with Crippen molar-refractivity contribution in [1.82, 2.24) is 4.90 Å². The maximum atomic E-state index is 12.9. The summed E-state index contributed by atoms with van der Waals surface area (Å²) < 4.78 is 48.9. The Morgan fingerprint density at radius 1 is 1.46 bits per heavy atom. The Morgan fingerprint density at radius 3 is 2.71 bits per heavy atom. The molecule has 0 bridgehead atoms. The van der Waals surface area contributed by atoms with Gasteiger partial charge in [-0.1, -0.05) is 0 Å². The van der Waals surface area contributed by atoms with Crippen LogP contribution in [0.5, 0.6) is 5.75 Å². The van der Waals surface area contributed by atoms with Crippen molar-refractivity contribution in [3.8, 4) is 5.75 Å². The molecule has 1 aromatic rings. The number of ether oxygens (including phenoxy) is 2. The van der Waals surface area contributed by atoms with Crippen molar-refractivity contribution in [2.75, 3.05) is 32.2 Å². The summed E-state index contributed by atoms with van der Waals surface area (Å²) in [6.45, 7) is 2.18. The lowest BCUT2D eigenvalue weighted by atomic mass is 10.1. The van der Waals surface area contributed by atoms with Gasteiger partial charge in [0.1, 0.15) is 5.75 Å². The van der Waals surface area contributed by atoms with Crippen molar-refractivity contribution in [2.45, 2.75) is 25.2 Å². The fourth-order valence-electron chi connectivity index (χ4n) is 2.34. The van der Waals surface area contributed by atoms with Gasteiger partial charge in [-0.2, -0.15) is 13.2 Å². The molecule has 0 aromatic heterocycles. The van der Waals surface area contributed by atoms with Crippen LogP contribution in [-0.4, -0.2) is 55.1 Å². The molecule has 0 spiro atoms. The number of hydrogen-bond donors (Lipinski definition) is 2. The summed E-state index contributed by atoms with van der Waals surface area (Å²) in [5, 5.41) is 12.1. The number of aliphatic hydroxyl groups is 1. The highest BCUT2D eigenvalue weighted by Gasteiger charge is 2.34. The molecule has 1 heterocycles. The molecule has 6 nitrogen and oxygen atoms in total. The highest BCUT2D eigenvalue weighted by Crippen LogP contribution is 2.35. The summed E-state index contributed by atoms with van der Waals surface area (Å²) in [5.74, 6) is 0.135. The summed E-state index contributed by atoms with van der Waals surface area (Å²) in [6.07, 6.45) is -5.38. The number of nitrogens with one attached hydrogen (secondary N) is 1. The Hall–Kier alpha value is -2.00. The summed E-state index contributed by atoms with van der Waals surface area (Å²) in [4.78, 5) is 13.5. The van der Waals surface area contributed by atoms with Crippen LogP contribution in [-0.2, 0) is 10.9 Å². The summed E-state index contributed by atoms with van der Waals surface area (Å²) in [7, 11) is 1.44. The van der Waals surface area contributed by atoms with Gasteiger partial charge in [-0.3, -0.25) is 0 Å². The molecule has 0 saturated carbocycles. The van der Waals surface area contributed by atoms with E-state index in [0.29, 0.717) is 0 Å². The topological polar surface area (TPSA) is 71.0 Å². The minimum Gasteiger partial charge on any atom is -0.492 e. The number of carbonyl (C=O) groups is 1. The molecular weight excluding hydrogens is 329 g/mol. The average Bonchev–Trinajstić information content (AvgIpc) is 2.93. The van der Waals surface area contributed by atoms with Crippen molar-refractivity contribution in [3.05, 3.63) is 23.8 Å². The molecule has 2 rings (SSSR count). The summed E-state index contributed by atoms with van der Waals surface area (Å²) in [6, 6.07) is 1.64. The number of urea groups is 1. The number of hydrogen-bond acceptors (Lipinski definition) is 4. The van der Waals surface area contributed by atoms with Crippen molar-refractivity contribution in [2.24, 2.45) is 0 Å². The number of likely N-dealkylation sites (N-methyl/N-ethyl adjacent to an activating group) is 1. The third kappa shape index (κ3) is 4.09. The van der Waals surface area contributed by atoms with E-state index in [4.69, 9.17) is 9.47 Å². The maximum absolute atomic E-state index is 12.9. The van der Waals surface area contributed by atoms with Crippen molar-refractivity contribution < 1.29 is 32.5 Å². The lowest BCUT2D eigenvalue weighted by molar-refractivity contribution is -0.137. The van der Waals surface area contributed by atoms with E-state index in [1.54, 1.807) is 6.92 Å². The lowest BCUT2D eigenvalue weighted by Gasteiger charge is -2.26. The van der Waals surface area contributed by atoms with Gasteiger partial charge in [-0.05, 0) is 25.1 Å². The van der Waals surface area contributed by atoms with E-state index in [1.807, 2.05) is 0 Å². The van der Waals surface area contributed by atoms with Gasteiger partial charge in [0.05, 0.1) is 43.2 Å².